The van der Waals surface area contributed by atoms with Gasteiger partial charge in [0.1, 0.15) is 0 Å². The van der Waals surface area contributed by atoms with Gasteiger partial charge in [-0.05, 0) is 24.7 Å². The Morgan fingerprint density at radius 3 is 1.92 bits per heavy atom. The van der Waals surface area contributed by atoms with Crippen LogP contribution in [0.15, 0.2) is 0 Å². The maximum atomic E-state index is 10.9. The van der Waals surface area contributed by atoms with Gasteiger partial charge in [-0.3, -0.25) is 0 Å². The summed E-state index contributed by atoms with van der Waals surface area (Å²) in [4.78, 5) is 12.4. The Morgan fingerprint density at radius 1 is 1.38 bits per heavy atom. The fourth-order valence-electron chi connectivity index (χ4n) is 2.28. The molecule has 3 heteroatoms. The van der Waals surface area contributed by atoms with E-state index in [4.69, 9.17) is 5.11 Å². The van der Waals surface area contributed by atoms with Crippen LogP contribution >= 0.6 is 0 Å². The van der Waals surface area contributed by atoms with Crippen LogP contribution in [-0.4, -0.2) is 28.7 Å². The molecule has 13 heavy (non-hydrogen) atoms. The molecule has 0 bridgehead atoms. The molecule has 3 nitrogen and oxygen atoms in total. The summed E-state index contributed by atoms with van der Waals surface area (Å²) in [6, 6.07) is 0. The van der Waals surface area contributed by atoms with Crippen LogP contribution < -0.4 is 0 Å². The number of nitrogens with zero attached hydrogens (tertiary/aromatic N) is 1. The second-order valence-electron chi connectivity index (χ2n) is 4.98. The van der Waals surface area contributed by atoms with Crippen molar-refractivity contribution in [3.05, 3.63) is 0 Å². The van der Waals surface area contributed by atoms with E-state index in [0.29, 0.717) is 0 Å². The zero-order valence-corrected chi connectivity index (χ0v) is 8.92. The lowest BCUT2D eigenvalue weighted by atomic mass is 9.60. The van der Waals surface area contributed by atoms with Gasteiger partial charge in [-0.25, -0.2) is 4.79 Å². The van der Waals surface area contributed by atoms with Gasteiger partial charge in [0.15, 0.2) is 0 Å². The van der Waals surface area contributed by atoms with Crippen molar-refractivity contribution in [3.63, 3.8) is 0 Å². The Bertz CT molecular complexity index is 213. The highest BCUT2D eigenvalue weighted by Crippen LogP contribution is 2.49. The summed E-state index contributed by atoms with van der Waals surface area (Å²) in [7, 11) is 1.69. The van der Waals surface area contributed by atoms with Gasteiger partial charge in [0, 0.05) is 7.05 Å². The number of carbonyl (C=O) groups is 1. The van der Waals surface area contributed by atoms with Crippen molar-refractivity contribution in [1.29, 1.82) is 0 Å². The van der Waals surface area contributed by atoms with Crippen molar-refractivity contribution in [2.45, 2.75) is 45.6 Å². The first-order chi connectivity index (χ1) is 5.81. The molecule has 1 aliphatic carbocycles. The highest BCUT2D eigenvalue weighted by molar-refractivity contribution is 5.66. The van der Waals surface area contributed by atoms with Gasteiger partial charge in [0.2, 0.25) is 0 Å². The highest BCUT2D eigenvalue weighted by Gasteiger charge is 2.51. The minimum absolute atomic E-state index is 0.0401. The van der Waals surface area contributed by atoms with E-state index >= 15 is 0 Å². The van der Waals surface area contributed by atoms with Crippen molar-refractivity contribution in [2.24, 2.45) is 5.41 Å². The van der Waals surface area contributed by atoms with Gasteiger partial charge in [-0.1, -0.05) is 20.8 Å². The van der Waals surface area contributed by atoms with Crippen LogP contribution in [0.3, 0.4) is 0 Å². The summed E-state index contributed by atoms with van der Waals surface area (Å²) in [6.45, 7) is 6.35. The molecule has 1 saturated carbocycles. The summed E-state index contributed by atoms with van der Waals surface area (Å²) in [5.41, 5.74) is -0.0861. The third kappa shape index (κ3) is 1.40. The van der Waals surface area contributed by atoms with E-state index in [0.717, 1.165) is 19.3 Å². The predicted octanol–water partition coefficient (Wildman–Crippen LogP) is 2.57. The molecular weight excluding hydrogens is 166 g/mol. The highest BCUT2D eigenvalue weighted by atomic mass is 16.4. The van der Waals surface area contributed by atoms with Crippen LogP contribution in [0.4, 0.5) is 4.79 Å². The average molecular weight is 185 g/mol. The van der Waals surface area contributed by atoms with Crippen LogP contribution in [0.5, 0.6) is 0 Å². The molecular formula is C10H19NO2. The maximum absolute atomic E-state index is 10.9. The summed E-state index contributed by atoms with van der Waals surface area (Å²) in [6.07, 6.45) is 2.34. The monoisotopic (exact) mass is 185 g/mol. The van der Waals surface area contributed by atoms with E-state index < -0.39 is 6.09 Å². The zero-order chi connectivity index (χ0) is 10.3. The first-order valence-corrected chi connectivity index (χ1v) is 4.78. The smallest absolute Gasteiger partial charge is 0.407 e. The van der Waals surface area contributed by atoms with Crippen molar-refractivity contribution in [2.75, 3.05) is 7.05 Å². The Labute approximate surface area is 79.7 Å². The second kappa shape index (κ2) is 2.89. The molecule has 1 amide bonds. The van der Waals surface area contributed by atoms with Gasteiger partial charge in [0.25, 0.3) is 0 Å². The van der Waals surface area contributed by atoms with E-state index in [-0.39, 0.29) is 11.0 Å². The van der Waals surface area contributed by atoms with Crippen molar-refractivity contribution in [1.82, 2.24) is 4.90 Å². The molecule has 0 spiro atoms. The Balaban J connectivity index is 2.88. The molecule has 1 rings (SSSR count). The fourth-order valence-corrected chi connectivity index (χ4v) is 2.28. The van der Waals surface area contributed by atoms with Crippen LogP contribution in [0.25, 0.3) is 0 Å². The van der Waals surface area contributed by atoms with E-state index in [1.54, 1.807) is 7.05 Å². The molecule has 1 N–H and O–H groups in total. The van der Waals surface area contributed by atoms with Crippen LogP contribution in [0.2, 0.25) is 0 Å². The van der Waals surface area contributed by atoms with E-state index in [9.17, 15) is 4.79 Å². The lowest BCUT2D eigenvalue weighted by Gasteiger charge is -2.55. The third-order valence-electron chi connectivity index (χ3n) is 3.51. The maximum Gasteiger partial charge on any atom is 0.407 e. The van der Waals surface area contributed by atoms with Crippen molar-refractivity contribution >= 4 is 6.09 Å². The average Bonchev–Trinajstić information content (AvgIpc) is 1.80. The zero-order valence-electron chi connectivity index (χ0n) is 8.92. The lowest BCUT2D eigenvalue weighted by Crippen LogP contribution is -2.61. The number of amides is 1. The summed E-state index contributed by atoms with van der Waals surface area (Å²) >= 11 is 0. The normalized spacial score (nSPS) is 20.6. The molecule has 0 heterocycles. The standard InChI is InChI=1S/C10H19NO2/c1-9(2,3)10(6-5-7-10)11(4)8(12)13/h5-7H2,1-4H3,(H,12,13). The molecule has 0 aromatic rings. The summed E-state index contributed by atoms with van der Waals surface area (Å²) in [5.74, 6) is 0. The predicted molar refractivity (Wildman–Crippen MR) is 51.8 cm³/mol. The lowest BCUT2D eigenvalue weighted by molar-refractivity contribution is -0.0404. The SMILES string of the molecule is CN(C(=O)O)C1(C(C)(C)C)CCC1. The van der Waals surface area contributed by atoms with Gasteiger partial charge in [-0.15, -0.1) is 0 Å². The third-order valence-corrected chi connectivity index (χ3v) is 3.51. The molecule has 0 aromatic carbocycles. The largest absolute Gasteiger partial charge is 0.465 e. The molecule has 0 atom stereocenters. The van der Waals surface area contributed by atoms with E-state index in [1.165, 1.54) is 4.90 Å². The minimum atomic E-state index is -0.811. The quantitative estimate of drug-likeness (QED) is 0.682. The Kier molecular flexibility index (Phi) is 2.30. The van der Waals surface area contributed by atoms with Crippen LogP contribution in [0, 0.1) is 5.41 Å². The van der Waals surface area contributed by atoms with Crippen molar-refractivity contribution < 1.29 is 9.90 Å². The summed E-state index contributed by atoms with van der Waals surface area (Å²) < 4.78 is 0. The molecule has 0 saturated heterocycles. The number of rotatable bonds is 1. The first kappa shape index (κ1) is 10.4. The molecule has 1 aliphatic rings. The number of carboxylic acid groups (broad SMARTS) is 1. The van der Waals surface area contributed by atoms with Gasteiger partial charge >= 0.3 is 6.09 Å². The molecule has 0 aromatic heterocycles. The Hall–Kier alpha value is -0.730. The molecule has 76 valence electrons. The number of hydrogen-bond donors (Lipinski definition) is 1. The minimum Gasteiger partial charge on any atom is -0.465 e. The molecule has 0 radical (unpaired) electrons. The van der Waals surface area contributed by atoms with Gasteiger partial charge in [0.05, 0.1) is 5.54 Å². The molecule has 1 fully saturated rings. The van der Waals surface area contributed by atoms with E-state index in [2.05, 4.69) is 20.8 Å². The topological polar surface area (TPSA) is 40.5 Å². The second-order valence-corrected chi connectivity index (χ2v) is 4.98. The number of hydrogen-bond acceptors (Lipinski definition) is 1. The van der Waals surface area contributed by atoms with E-state index in [1.807, 2.05) is 0 Å². The fraction of sp³-hybridized carbons (Fsp3) is 0.900. The molecule has 0 aliphatic heterocycles. The Morgan fingerprint density at radius 2 is 1.85 bits per heavy atom. The van der Waals surface area contributed by atoms with Crippen molar-refractivity contribution in [3.8, 4) is 0 Å². The van der Waals surface area contributed by atoms with Crippen LogP contribution in [0.1, 0.15) is 40.0 Å². The first-order valence-electron chi connectivity index (χ1n) is 4.78. The van der Waals surface area contributed by atoms with Gasteiger partial charge in [-0.2, -0.15) is 0 Å². The molecule has 0 unspecified atom stereocenters. The summed E-state index contributed by atoms with van der Waals surface area (Å²) in [5, 5.41) is 8.97. The van der Waals surface area contributed by atoms with Gasteiger partial charge < -0.3 is 10.0 Å². The van der Waals surface area contributed by atoms with Crippen LogP contribution in [-0.2, 0) is 0 Å².